The summed E-state index contributed by atoms with van der Waals surface area (Å²) in [5.74, 6) is -0.184. The zero-order chi connectivity index (χ0) is 17.6. The summed E-state index contributed by atoms with van der Waals surface area (Å²) >= 11 is 5.95. The van der Waals surface area contributed by atoms with E-state index in [0.717, 1.165) is 35.2 Å². The minimum absolute atomic E-state index is 0.000216. The van der Waals surface area contributed by atoms with Gasteiger partial charge in [-0.1, -0.05) is 49.2 Å². The second kappa shape index (κ2) is 7.99. The number of carbonyl (C=O) groups excluding carboxylic acids is 1. The van der Waals surface area contributed by atoms with Crippen molar-refractivity contribution >= 4 is 23.2 Å². The highest BCUT2D eigenvalue weighted by molar-refractivity contribution is 6.30. The Labute approximate surface area is 152 Å². The number of aromatic nitrogens is 2. The predicted octanol–water partition coefficient (Wildman–Crippen LogP) is 5.25. The molecule has 0 bridgehead atoms. The predicted molar refractivity (Wildman–Crippen MR) is 102 cm³/mol. The van der Waals surface area contributed by atoms with Gasteiger partial charge in [-0.2, -0.15) is 5.10 Å². The van der Waals surface area contributed by atoms with Crippen LogP contribution in [0.5, 0.6) is 0 Å². The van der Waals surface area contributed by atoms with E-state index in [9.17, 15) is 4.79 Å². The normalized spacial score (nSPS) is 11.9. The largest absolute Gasteiger partial charge is 0.326 e. The van der Waals surface area contributed by atoms with Crippen molar-refractivity contribution in [1.29, 1.82) is 0 Å². The molecule has 3 rings (SSSR count). The molecule has 0 aliphatic heterocycles. The van der Waals surface area contributed by atoms with E-state index in [2.05, 4.69) is 22.4 Å². The highest BCUT2D eigenvalue weighted by Crippen LogP contribution is 2.26. The van der Waals surface area contributed by atoms with Gasteiger partial charge in [0.05, 0.1) is 12.1 Å². The van der Waals surface area contributed by atoms with E-state index in [-0.39, 0.29) is 11.8 Å². The molecule has 5 heteroatoms. The Hall–Kier alpha value is -2.59. The molecule has 1 atom stereocenters. The van der Waals surface area contributed by atoms with Crippen molar-refractivity contribution in [2.75, 3.05) is 5.32 Å². The molecule has 2 aromatic carbocycles. The number of aromatic amines is 1. The lowest BCUT2D eigenvalue weighted by Gasteiger charge is -2.17. The van der Waals surface area contributed by atoms with Crippen LogP contribution in [0.15, 0.2) is 60.9 Å². The summed E-state index contributed by atoms with van der Waals surface area (Å²) in [6.07, 6.45) is 5.33. The van der Waals surface area contributed by atoms with Gasteiger partial charge in [-0.05, 0) is 41.8 Å². The average Bonchev–Trinajstić information content (AvgIpc) is 3.16. The molecule has 25 heavy (non-hydrogen) atoms. The standard InChI is InChI=1S/C20H20ClN3O/c1-2-3-19(15-4-8-17(21)9-5-15)20(25)24-18-10-6-14(7-11-18)16-12-22-23-13-16/h4-13,19H,2-3H2,1H3,(H,22,23)(H,24,25). The first kappa shape index (κ1) is 17.2. The summed E-state index contributed by atoms with van der Waals surface area (Å²) in [7, 11) is 0. The SMILES string of the molecule is CCCC(C(=O)Nc1ccc(-c2cn[nH]c2)cc1)c1ccc(Cl)cc1. The first-order valence-electron chi connectivity index (χ1n) is 8.33. The van der Waals surface area contributed by atoms with Crippen LogP contribution in [0.4, 0.5) is 5.69 Å². The van der Waals surface area contributed by atoms with Crippen molar-refractivity contribution in [3.05, 3.63) is 71.5 Å². The topological polar surface area (TPSA) is 57.8 Å². The number of benzene rings is 2. The van der Waals surface area contributed by atoms with E-state index in [4.69, 9.17) is 11.6 Å². The van der Waals surface area contributed by atoms with Crippen molar-refractivity contribution in [2.24, 2.45) is 0 Å². The summed E-state index contributed by atoms with van der Waals surface area (Å²) in [6, 6.07) is 15.2. The number of H-pyrrole nitrogens is 1. The number of nitrogens with zero attached hydrogens (tertiary/aromatic N) is 1. The van der Waals surface area contributed by atoms with Gasteiger partial charge in [-0.25, -0.2) is 0 Å². The molecular weight excluding hydrogens is 334 g/mol. The molecule has 1 amide bonds. The quantitative estimate of drug-likeness (QED) is 0.635. The van der Waals surface area contributed by atoms with Crippen molar-refractivity contribution in [1.82, 2.24) is 10.2 Å². The van der Waals surface area contributed by atoms with Gasteiger partial charge < -0.3 is 5.32 Å². The van der Waals surface area contributed by atoms with Gasteiger partial charge in [-0.3, -0.25) is 9.89 Å². The lowest BCUT2D eigenvalue weighted by Crippen LogP contribution is -2.21. The fourth-order valence-corrected chi connectivity index (χ4v) is 2.94. The third kappa shape index (κ3) is 4.28. The zero-order valence-electron chi connectivity index (χ0n) is 14.0. The molecule has 0 aliphatic rings. The van der Waals surface area contributed by atoms with Gasteiger partial charge in [0.15, 0.2) is 0 Å². The van der Waals surface area contributed by atoms with E-state index in [1.807, 2.05) is 54.7 Å². The Kier molecular flexibility index (Phi) is 5.51. The van der Waals surface area contributed by atoms with E-state index >= 15 is 0 Å². The lowest BCUT2D eigenvalue weighted by molar-refractivity contribution is -0.117. The van der Waals surface area contributed by atoms with E-state index < -0.39 is 0 Å². The summed E-state index contributed by atoms with van der Waals surface area (Å²) in [6.45, 7) is 2.08. The number of hydrogen-bond acceptors (Lipinski definition) is 2. The Morgan fingerprint density at radius 2 is 1.84 bits per heavy atom. The number of amides is 1. The van der Waals surface area contributed by atoms with Crippen LogP contribution in [0.1, 0.15) is 31.2 Å². The van der Waals surface area contributed by atoms with E-state index in [1.165, 1.54) is 0 Å². The molecule has 3 aromatic rings. The summed E-state index contributed by atoms with van der Waals surface area (Å²) in [4.78, 5) is 12.7. The van der Waals surface area contributed by atoms with Crippen LogP contribution in [-0.4, -0.2) is 16.1 Å². The Bertz CT molecular complexity index is 811. The van der Waals surface area contributed by atoms with Gasteiger partial charge in [0, 0.05) is 22.5 Å². The molecule has 0 saturated heterocycles. The Balaban J connectivity index is 1.73. The molecule has 4 nitrogen and oxygen atoms in total. The fraction of sp³-hybridized carbons (Fsp3) is 0.200. The van der Waals surface area contributed by atoms with Gasteiger partial charge in [0.25, 0.3) is 0 Å². The molecule has 1 aromatic heterocycles. The van der Waals surface area contributed by atoms with Gasteiger partial charge in [0.2, 0.25) is 5.91 Å². The van der Waals surface area contributed by atoms with Crippen LogP contribution < -0.4 is 5.32 Å². The minimum Gasteiger partial charge on any atom is -0.326 e. The molecule has 2 N–H and O–H groups in total. The van der Waals surface area contributed by atoms with Crippen LogP contribution in [-0.2, 0) is 4.79 Å². The molecule has 0 spiro atoms. The summed E-state index contributed by atoms with van der Waals surface area (Å²) in [5.41, 5.74) is 3.84. The maximum absolute atomic E-state index is 12.7. The molecule has 1 heterocycles. The van der Waals surface area contributed by atoms with Gasteiger partial charge in [-0.15, -0.1) is 0 Å². The fourth-order valence-electron chi connectivity index (χ4n) is 2.82. The Morgan fingerprint density at radius 1 is 1.12 bits per heavy atom. The number of anilines is 1. The minimum atomic E-state index is -0.184. The molecular formula is C20H20ClN3O. The van der Waals surface area contributed by atoms with Crippen LogP contribution in [0.25, 0.3) is 11.1 Å². The van der Waals surface area contributed by atoms with Gasteiger partial charge >= 0.3 is 0 Å². The monoisotopic (exact) mass is 353 g/mol. The number of carbonyl (C=O) groups is 1. The lowest BCUT2D eigenvalue weighted by atomic mass is 9.93. The molecule has 128 valence electrons. The molecule has 0 aliphatic carbocycles. The maximum Gasteiger partial charge on any atom is 0.231 e. The summed E-state index contributed by atoms with van der Waals surface area (Å²) in [5, 5.41) is 10.4. The van der Waals surface area contributed by atoms with E-state index in [1.54, 1.807) is 6.20 Å². The van der Waals surface area contributed by atoms with Crippen molar-refractivity contribution in [3.63, 3.8) is 0 Å². The molecule has 0 radical (unpaired) electrons. The average molecular weight is 354 g/mol. The second-order valence-electron chi connectivity index (χ2n) is 5.95. The second-order valence-corrected chi connectivity index (χ2v) is 6.38. The Morgan fingerprint density at radius 3 is 2.44 bits per heavy atom. The third-order valence-electron chi connectivity index (χ3n) is 4.15. The van der Waals surface area contributed by atoms with Gasteiger partial charge in [0.1, 0.15) is 0 Å². The van der Waals surface area contributed by atoms with Crippen molar-refractivity contribution in [3.8, 4) is 11.1 Å². The van der Waals surface area contributed by atoms with Crippen LogP contribution in [0.3, 0.4) is 0 Å². The molecule has 0 fully saturated rings. The first-order valence-corrected chi connectivity index (χ1v) is 8.70. The van der Waals surface area contributed by atoms with Crippen LogP contribution >= 0.6 is 11.6 Å². The number of hydrogen-bond donors (Lipinski definition) is 2. The first-order chi connectivity index (χ1) is 12.2. The van der Waals surface area contributed by atoms with Crippen LogP contribution in [0, 0.1) is 0 Å². The highest BCUT2D eigenvalue weighted by atomic mass is 35.5. The molecule has 0 saturated carbocycles. The van der Waals surface area contributed by atoms with Crippen molar-refractivity contribution < 1.29 is 4.79 Å². The zero-order valence-corrected chi connectivity index (χ0v) is 14.8. The number of nitrogens with one attached hydrogen (secondary N) is 2. The number of rotatable bonds is 6. The van der Waals surface area contributed by atoms with Crippen molar-refractivity contribution in [2.45, 2.75) is 25.7 Å². The van der Waals surface area contributed by atoms with E-state index in [0.29, 0.717) is 5.02 Å². The number of halogens is 1. The summed E-state index contributed by atoms with van der Waals surface area (Å²) < 4.78 is 0. The highest BCUT2D eigenvalue weighted by Gasteiger charge is 2.19. The third-order valence-corrected chi connectivity index (χ3v) is 4.40. The smallest absolute Gasteiger partial charge is 0.231 e. The molecule has 1 unspecified atom stereocenters. The maximum atomic E-state index is 12.7. The van der Waals surface area contributed by atoms with Crippen LogP contribution in [0.2, 0.25) is 5.02 Å².